The third-order valence-electron chi connectivity index (χ3n) is 2.75. The Morgan fingerprint density at radius 3 is 1.71 bits per heavy atom. The minimum atomic E-state index is -1.20. The first-order chi connectivity index (χ1) is 9.56. The van der Waals surface area contributed by atoms with Crippen LogP contribution in [-0.2, 0) is 0 Å². The fourth-order valence-corrected chi connectivity index (χ4v) is 1.60. The maximum absolute atomic E-state index is 10.6. The number of carbonyl (C=O) groups is 1. The Kier molecular flexibility index (Phi) is 6.55. The number of carboxylic acid groups (broad SMARTS) is 1. The molecule has 0 atom stereocenters. The first-order valence-electron chi connectivity index (χ1n) is 6.07. The number of benzene rings is 2. The van der Waals surface area contributed by atoms with E-state index in [1.165, 1.54) is 12.1 Å². The topological polar surface area (TPSA) is 68.1 Å². The zero-order valence-corrected chi connectivity index (χ0v) is 14.3. The normalized spacial score (nSPS) is 10.2. The minimum Gasteiger partial charge on any atom is -0.545 e. The molecule has 0 amide bonds. The molecule has 6 heteroatoms. The molecule has 0 aliphatic carbocycles. The Morgan fingerprint density at radius 1 is 0.905 bits per heavy atom. The molecule has 0 unspecified atom stereocenters. The summed E-state index contributed by atoms with van der Waals surface area (Å²) in [6, 6.07) is 13.7. The van der Waals surface area contributed by atoms with E-state index in [0.29, 0.717) is 5.69 Å². The second-order valence-corrected chi connectivity index (χ2v) is 4.45. The molecule has 0 aromatic heterocycles. The Labute approximate surface area is 145 Å². The van der Waals surface area contributed by atoms with Crippen molar-refractivity contribution in [1.29, 1.82) is 0 Å². The summed E-state index contributed by atoms with van der Waals surface area (Å²) in [5.74, 6) is -1.20. The summed E-state index contributed by atoms with van der Waals surface area (Å²) < 4.78 is 0. The van der Waals surface area contributed by atoms with Gasteiger partial charge in [-0.05, 0) is 42.0 Å². The van der Waals surface area contributed by atoms with E-state index < -0.39 is 5.97 Å². The van der Waals surface area contributed by atoms with Crippen LogP contribution in [0.5, 0.6) is 0 Å². The number of carbonyl (C=O) groups excluding carboxylic acids is 1. The van der Waals surface area contributed by atoms with E-state index >= 15 is 0 Å². The molecule has 5 nitrogen and oxygen atoms in total. The molecular formula is C15H14N3NaO2. The smallest absolute Gasteiger partial charge is 0.545 e. The van der Waals surface area contributed by atoms with Crippen molar-refractivity contribution in [3.05, 3.63) is 54.1 Å². The third kappa shape index (κ3) is 4.97. The zero-order chi connectivity index (χ0) is 14.5. The number of anilines is 1. The summed E-state index contributed by atoms with van der Waals surface area (Å²) in [5, 5.41) is 18.8. The van der Waals surface area contributed by atoms with Crippen molar-refractivity contribution < 1.29 is 39.5 Å². The molecule has 0 radical (unpaired) electrons. The fraction of sp³-hybridized carbons (Fsp3) is 0.133. The summed E-state index contributed by atoms with van der Waals surface area (Å²) in [6.45, 7) is 0. The first-order valence-corrected chi connectivity index (χ1v) is 6.07. The number of carboxylic acids is 1. The van der Waals surface area contributed by atoms with Crippen LogP contribution in [0.4, 0.5) is 17.1 Å². The van der Waals surface area contributed by atoms with Gasteiger partial charge in [-0.3, -0.25) is 0 Å². The maximum atomic E-state index is 10.6. The molecule has 0 aliphatic rings. The molecule has 0 bridgehead atoms. The predicted molar refractivity (Wildman–Crippen MR) is 75.7 cm³/mol. The predicted octanol–water partition coefficient (Wildman–Crippen LogP) is -0.465. The standard InChI is InChI=1S/C15H15N3O2.Na/c1-18(2)14-9-7-13(8-10-14)17-16-12-5-3-11(4-6-12)15(19)20;/h3-10H,1-2H3,(H,19,20);/q;+1/p-1. The Balaban J connectivity index is 0.00000220. The van der Waals surface area contributed by atoms with Crippen molar-refractivity contribution in [2.24, 2.45) is 10.2 Å². The SMILES string of the molecule is CN(C)c1ccc(N=Nc2ccc(C(=O)[O-])cc2)cc1.[Na+]. The van der Waals surface area contributed by atoms with Crippen LogP contribution in [0.25, 0.3) is 0 Å². The molecule has 0 saturated heterocycles. The van der Waals surface area contributed by atoms with Crippen molar-refractivity contribution in [2.75, 3.05) is 19.0 Å². The minimum absolute atomic E-state index is 0. The van der Waals surface area contributed by atoms with Crippen LogP contribution < -0.4 is 39.6 Å². The van der Waals surface area contributed by atoms with E-state index in [2.05, 4.69) is 10.2 Å². The van der Waals surface area contributed by atoms with Gasteiger partial charge in [0.05, 0.1) is 17.3 Å². The van der Waals surface area contributed by atoms with Crippen LogP contribution in [-0.4, -0.2) is 20.1 Å². The van der Waals surface area contributed by atoms with E-state index in [9.17, 15) is 9.90 Å². The molecule has 21 heavy (non-hydrogen) atoms. The quantitative estimate of drug-likeness (QED) is 0.565. The van der Waals surface area contributed by atoms with E-state index in [0.717, 1.165) is 11.4 Å². The molecule has 0 fully saturated rings. The number of nitrogens with zero attached hydrogens (tertiary/aromatic N) is 3. The van der Waals surface area contributed by atoms with Gasteiger partial charge in [-0.1, -0.05) is 12.1 Å². The molecule has 0 heterocycles. The summed E-state index contributed by atoms with van der Waals surface area (Å²) in [6.07, 6.45) is 0. The molecule has 2 aromatic carbocycles. The number of hydrogen-bond acceptors (Lipinski definition) is 5. The Hall–Kier alpha value is -1.69. The van der Waals surface area contributed by atoms with Gasteiger partial charge in [0, 0.05) is 19.8 Å². The van der Waals surface area contributed by atoms with Gasteiger partial charge in [-0.15, -0.1) is 0 Å². The average Bonchev–Trinajstić information content (AvgIpc) is 2.46. The van der Waals surface area contributed by atoms with E-state index in [4.69, 9.17) is 0 Å². The molecular weight excluding hydrogens is 277 g/mol. The number of aromatic carboxylic acids is 1. The molecule has 102 valence electrons. The van der Waals surface area contributed by atoms with Crippen LogP contribution in [0.15, 0.2) is 58.8 Å². The third-order valence-corrected chi connectivity index (χ3v) is 2.75. The van der Waals surface area contributed by atoms with Gasteiger partial charge in [0.25, 0.3) is 0 Å². The molecule has 0 saturated carbocycles. The molecule has 0 spiro atoms. The average molecular weight is 291 g/mol. The van der Waals surface area contributed by atoms with Gasteiger partial charge in [0.2, 0.25) is 0 Å². The van der Waals surface area contributed by atoms with Crippen molar-refractivity contribution in [2.45, 2.75) is 0 Å². The summed E-state index contributed by atoms with van der Waals surface area (Å²) >= 11 is 0. The van der Waals surface area contributed by atoms with Crippen LogP contribution in [0.1, 0.15) is 10.4 Å². The van der Waals surface area contributed by atoms with E-state index in [-0.39, 0.29) is 35.1 Å². The van der Waals surface area contributed by atoms with Crippen molar-refractivity contribution >= 4 is 23.0 Å². The number of rotatable bonds is 4. The molecule has 2 rings (SSSR count). The number of azo groups is 1. The van der Waals surface area contributed by atoms with Gasteiger partial charge in [-0.2, -0.15) is 10.2 Å². The molecule has 0 N–H and O–H groups in total. The number of hydrogen-bond donors (Lipinski definition) is 0. The fourth-order valence-electron chi connectivity index (χ4n) is 1.60. The van der Waals surface area contributed by atoms with Crippen LogP contribution >= 0.6 is 0 Å². The van der Waals surface area contributed by atoms with Gasteiger partial charge in [0.15, 0.2) is 0 Å². The summed E-state index contributed by atoms with van der Waals surface area (Å²) in [4.78, 5) is 12.6. The monoisotopic (exact) mass is 291 g/mol. The Bertz CT molecular complexity index is 622. The van der Waals surface area contributed by atoms with Crippen LogP contribution in [0.3, 0.4) is 0 Å². The van der Waals surface area contributed by atoms with Crippen molar-refractivity contribution in [1.82, 2.24) is 0 Å². The van der Waals surface area contributed by atoms with Gasteiger partial charge in [-0.25, -0.2) is 0 Å². The Morgan fingerprint density at radius 2 is 1.33 bits per heavy atom. The maximum Gasteiger partial charge on any atom is 1.00 e. The van der Waals surface area contributed by atoms with Crippen molar-refractivity contribution in [3.8, 4) is 0 Å². The molecule has 2 aromatic rings. The summed E-state index contributed by atoms with van der Waals surface area (Å²) in [5.41, 5.74) is 2.54. The van der Waals surface area contributed by atoms with E-state index in [1.807, 2.05) is 43.3 Å². The van der Waals surface area contributed by atoms with Crippen LogP contribution in [0.2, 0.25) is 0 Å². The molecule has 0 aliphatic heterocycles. The van der Waals surface area contributed by atoms with Gasteiger partial charge >= 0.3 is 29.6 Å². The van der Waals surface area contributed by atoms with Gasteiger partial charge < -0.3 is 14.8 Å². The van der Waals surface area contributed by atoms with Crippen molar-refractivity contribution in [3.63, 3.8) is 0 Å². The van der Waals surface area contributed by atoms with Crippen LogP contribution in [0, 0.1) is 0 Å². The largest absolute Gasteiger partial charge is 1.00 e. The zero-order valence-electron chi connectivity index (χ0n) is 12.3. The first kappa shape index (κ1) is 17.4. The van der Waals surface area contributed by atoms with E-state index in [1.54, 1.807) is 12.1 Å². The summed E-state index contributed by atoms with van der Waals surface area (Å²) in [7, 11) is 3.94. The second-order valence-electron chi connectivity index (χ2n) is 4.45. The second kappa shape index (κ2) is 7.93. The van der Waals surface area contributed by atoms with Gasteiger partial charge in [0.1, 0.15) is 0 Å².